The summed E-state index contributed by atoms with van der Waals surface area (Å²) < 4.78 is 12.4. The molecule has 4 rings (SSSR count). The predicted molar refractivity (Wildman–Crippen MR) is 148 cm³/mol. The van der Waals surface area contributed by atoms with Crippen LogP contribution in [-0.2, 0) is 9.53 Å². The number of nitrogens with zero attached hydrogens (tertiary/aromatic N) is 5. The van der Waals surface area contributed by atoms with Crippen molar-refractivity contribution >= 4 is 50.0 Å². The highest BCUT2D eigenvalue weighted by Gasteiger charge is 2.28. The second-order valence-corrected chi connectivity index (χ2v) is 10.2. The van der Waals surface area contributed by atoms with Crippen LogP contribution >= 0.6 is 15.9 Å². The normalized spacial score (nSPS) is 15.4. The van der Waals surface area contributed by atoms with Gasteiger partial charge in [0.2, 0.25) is 5.75 Å². The molecule has 12 heteroatoms. The highest BCUT2D eigenvalue weighted by molar-refractivity contribution is 9.10. The van der Waals surface area contributed by atoms with Crippen molar-refractivity contribution in [3.63, 3.8) is 0 Å². The Labute approximate surface area is 229 Å². The average molecular weight is 587 g/mol. The maximum Gasteiger partial charge on any atom is 0.320 e. The Bertz CT molecular complexity index is 1300. The molecule has 0 aliphatic carbocycles. The highest BCUT2D eigenvalue weighted by Crippen LogP contribution is 2.36. The Morgan fingerprint density at radius 3 is 2.61 bits per heavy atom. The average Bonchev–Trinajstić information content (AvgIpc) is 2.87. The fraction of sp³-hybridized carbons (Fsp3) is 0.423. The standard InChI is InChI=1S/C26H31BrN6O5/c1-4-24(32-10-8-31(9-11-32)15-25(34)37-17(2)3)38-23-14-21-20(13-22(23)33(35)36)26(29-16-28-21)30-19-7-5-6-18(27)12-19/h5-7,12-14,16-17,24H,4,8-11,15H2,1-3H3,(H,28,29,30). The van der Waals surface area contributed by atoms with Gasteiger partial charge >= 0.3 is 11.7 Å². The van der Waals surface area contributed by atoms with Crippen molar-refractivity contribution in [3.8, 4) is 5.75 Å². The lowest BCUT2D eigenvalue weighted by Crippen LogP contribution is -2.52. The van der Waals surface area contributed by atoms with E-state index in [9.17, 15) is 14.9 Å². The van der Waals surface area contributed by atoms with E-state index >= 15 is 0 Å². The number of halogens is 1. The van der Waals surface area contributed by atoms with Crippen molar-refractivity contribution in [1.82, 2.24) is 19.8 Å². The Morgan fingerprint density at radius 2 is 1.95 bits per heavy atom. The van der Waals surface area contributed by atoms with Crippen LogP contribution in [-0.4, -0.2) is 75.7 Å². The molecule has 1 aliphatic rings. The first-order valence-corrected chi connectivity index (χ1v) is 13.3. The van der Waals surface area contributed by atoms with Crippen molar-refractivity contribution in [3.05, 3.63) is 57.3 Å². The van der Waals surface area contributed by atoms with Crippen molar-refractivity contribution in [2.24, 2.45) is 0 Å². The third-order valence-electron chi connectivity index (χ3n) is 6.15. The number of hydrogen-bond donors (Lipinski definition) is 1. The van der Waals surface area contributed by atoms with Gasteiger partial charge in [0.05, 0.1) is 28.5 Å². The molecule has 1 atom stereocenters. The third-order valence-corrected chi connectivity index (χ3v) is 6.64. The molecular weight excluding hydrogens is 556 g/mol. The quantitative estimate of drug-likeness (QED) is 0.202. The first-order chi connectivity index (χ1) is 18.2. The van der Waals surface area contributed by atoms with Crippen LogP contribution in [0.15, 0.2) is 47.2 Å². The van der Waals surface area contributed by atoms with Gasteiger partial charge in [-0.05, 0) is 38.5 Å². The number of nitrogens with one attached hydrogen (secondary N) is 1. The number of hydrogen-bond acceptors (Lipinski definition) is 10. The molecule has 3 aromatic rings. The van der Waals surface area contributed by atoms with Crippen molar-refractivity contribution < 1.29 is 19.2 Å². The van der Waals surface area contributed by atoms with Gasteiger partial charge in [0.1, 0.15) is 12.1 Å². The molecule has 1 fully saturated rings. The summed E-state index contributed by atoms with van der Waals surface area (Å²) in [6.07, 6.45) is 1.54. The van der Waals surface area contributed by atoms with E-state index in [1.54, 1.807) is 6.07 Å². The molecule has 0 bridgehead atoms. The Kier molecular flexibility index (Phi) is 9.08. The fourth-order valence-electron chi connectivity index (χ4n) is 4.37. The van der Waals surface area contributed by atoms with Gasteiger partial charge in [-0.25, -0.2) is 9.97 Å². The Morgan fingerprint density at radius 1 is 1.18 bits per heavy atom. The van der Waals surface area contributed by atoms with Crippen LogP contribution < -0.4 is 10.1 Å². The van der Waals surface area contributed by atoms with Gasteiger partial charge in [0.25, 0.3) is 0 Å². The molecule has 2 heterocycles. The number of fused-ring (bicyclic) bond motifs is 1. The molecular formula is C26H31BrN6O5. The van der Waals surface area contributed by atoms with Gasteiger partial charge in [-0.3, -0.25) is 24.7 Å². The number of carbonyl (C=O) groups is 1. The van der Waals surface area contributed by atoms with Gasteiger partial charge in [-0.2, -0.15) is 0 Å². The van der Waals surface area contributed by atoms with Crippen LogP contribution in [0.25, 0.3) is 10.9 Å². The van der Waals surface area contributed by atoms with E-state index < -0.39 is 4.92 Å². The first kappa shape index (κ1) is 27.7. The number of nitro groups is 1. The number of anilines is 2. The lowest BCUT2D eigenvalue weighted by molar-refractivity contribution is -0.386. The van der Waals surface area contributed by atoms with Crippen molar-refractivity contribution in [2.45, 2.75) is 39.5 Å². The summed E-state index contributed by atoms with van der Waals surface area (Å²) in [4.78, 5) is 36.4. The highest BCUT2D eigenvalue weighted by atomic mass is 79.9. The monoisotopic (exact) mass is 586 g/mol. The molecule has 0 spiro atoms. The third kappa shape index (κ3) is 6.94. The number of benzene rings is 2. The number of rotatable bonds is 10. The molecule has 202 valence electrons. The van der Waals surface area contributed by atoms with Crippen LogP contribution in [0, 0.1) is 10.1 Å². The van der Waals surface area contributed by atoms with E-state index in [1.165, 1.54) is 12.4 Å². The van der Waals surface area contributed by atoms with Gasteiger partial charge in [-0.1, -0.05) is 28.9 Å². The number of piperazine rings is 1. The molecule has 11 nitrogen and oxygen atoms in total. The molecule has 1 N–H and O–H groups in total. The first-order valence-electron chi connectivity index (χ1n) is 12.5. The molecule has 0 radical (unpaired) electrons. The van der Waals surface area contributed by atoms with Gasteiger partial charge in [0.15, 0.2) is 6.23 Å². The summed E-state index contributed by atoms with van der Waals surface area (Å²) in [5.74, 6) is 0.380. The summed E-state index contributed by atoms with van der Waals surface area (Å²) in [5, 5.41) is 15.8. The van der Waals surface area contributed by atoms with E-state index in [2.05, 4.69) is 36.1 Å². The fourth-order valence-corrected chi connectivity index (χ4v) is 4.77. The zero-order valence-electron chi connectivity index (χ0n) is 21.6. The molecule has 1 unspecified atom stereocenters. The molecule has 1 aliphatic heterocycles. The van der Waals surface area contributed by atoms with Gasteiger partial charge < -0.3 is 14.8 Å². The summed E-state index contributed by atoms with van der Waals surface area (Å²) in [5.41, 5.74) is 1.16. The second-order valence-electron chi connectivity index (χ2n) is 9.28. The van der Waals surface area contributed by atoms with Crippen LogP contribution in [0.3, 0.4) is 0 Å². The van der Waals surface area contributed by atoms with Crippen LogP contribution in [0.2, 0.25) is 0 Å². The topological polar surface area (TPSA) is 123 Å². The molecule has 1 aromatic heterocycles. The summed E-state index contributed by atoms with van der Waals surface area (Å²) in [7, 11) is 0. The molecule has 0 saturated carbocycles. The lowest BCUT2D eigenvalue weighted by Gasteiger charge is -2.38. The summed E-state index contributed by atoms with van der Waals surface area (Å²) >= 11 is 3.44. The molecule has 38 heavy (non-hydrogen) atoms. The SMILES string of the molecule is CCC(Oc1cc2ncnc(Nc3cccc(Br)c3)c2cc1[N+](=O)[O-])N1CCN(CC(=O)OC(C)C)CC1. The maximum absolute atomic E-state index is 12.0. The Balaban J connectivity index is 1.51. The van der Waals surface area contributed by atoms with Gasteiger partial charge in [-0.15, -0.1) is 0 Å². The smallest absolute Gasteiger partial charge is 0.320 e. The minimum absolute atomic E-state index is 0.142. The molecule has 2 aromatic carbocycles. The molecule has 1 saturated heterocycles. The van der Waals surface area contributed by atoms with E-state index in [4.69, 9.17) is 9.47 Å². The van der Waals surface area contributed by atoms with Gasteiger partial charge in [0, 0.05) is 48.5 Å². The maximum atomic E-state index is 12.0. The van der Waals surface area contributed by atoms with E-state index in [0.717, 1.165) is 10.2 Å². The van der Waals surface area contributed by atoms with Crippen molar-refractivity contribution in [1.29, 1.82) is 0 Å². The zero-order valence-corrected chi connectivity index (χ0v) is 23.2. The number of esters is 1. The van der Waals surface area contributed by atoms with Crippen LogP contribution in [0.1, 0.15) is 27.2 Å². The van der Waals surface area contributed by atoms with Crippen molar-refractivity contribution in [2.75, 3.05) is 38.0 Å². The van der Waals surface area contributed by atoms with E-state index in [-0.39, 0.29) is 36.3 Å². The minimum atomic E-state index is -0.449. The number of ether oxygens (including phenoxy) is 2. The number of carbonyl (C=O) groups excluding carboxylic acids is 1. The molecule has 0 amide bonds. The number of nitro benzene ring substituents is 1. The van der Waals surface area contributed by atoms with E-state index in [0.29, 0.717) is 49.3 Å². The van der Waals surface area contributed by atoms with Crippen LogP contribution in [0.4, 0.5) is 17.2 Å². The zero-order chi connectivity index (χ0) is 27.2. The largest absolute Gasteiger partial charge is 0.468 e. The number of aromatic nitrogens is 2. The summed E-state index contributed by atoms with van der Waals surface area (Å²) in [6.45, 7) is 8.56. The lowest BCUT2D eigenvalue weighted by atomic mass is 10.2. The predicted octanol–water partition coefficient (Wildman–Crippen LogP) is 4.73. The second kappa shape index (κ2) is 12.5. The summed E-state index contributed by atoms with van der Waals surface area (Å²) in [6, 6.07) is 10.6. The Hall–Kier alpha value is -3.35. The van der Waals surface area contributed by atoms with E-state index in [1.807, 2.05) is 49.9 Å². The minimum Gasteiger partial charge on any atom is -0.468 e. The van der Waals surface area contributed by atoms with Crippen LogP contribution in [0.5, 0.6) is 5.75 Å².